The number of carbonyl (C=O) groups is 1. The van der Waals surface area contributed by atoms with Crippen molar-refractivity contribution in [3.8, 4) is 22.9 Å². The van der Waals surface area contributed by atoms with Crippen molar-refractivity contribution >= 4 is 74.5 Å². The molecule has 1 atom stereocenters. The van der Waals surface area contributed by atoms with Crippen LogP contribution in [0.5, 0.6) is 17.2 Å². The van der Waals surface area contributed by atoms with Crippen molar-refractivity contribution in [2.45, 2.75) is 23.7 Å². The molecule has 0 saturated heterocycles. The summed E-state index contributed by atoms with van der Waals surface area (Å²) in [6.07, 6.45) is 3.45. The third-order valence-corrected chi connectivity index (χ3v) is 8.54. The minimum Gasteiger partial charge on any atom is -0.497 e. The van der Waals surface area contributed by atoms with E-state index in [1.165, 1.54) is 10.8 Å². The van der Waals surface area contributed by atoms with E-state index in [9.17, 15) is 9.59 Å². The Morgan fingerprint density at radius 2 is 1.86 bits per heavy atom. The summed E-state index contributed by atoms with van der Waals surface area (Å²) in [5, 5.41) is 10.5. The quantitative estimate of drug-likeness (QED) is 0.107. The van der Waals surface area contributed by atoms with Gasteiger partial charge in [-0.25, -0.2) is 19.3 Å². The number of halogens is 3. The van der Waals surface area contributed by atoms with Crippen molar-refractivity contribution in [2.24, 2.45) is 7.05 Å². The van der Waals surface area contributed by atoms with Crippen LogP contribution in [0.4, 0.5) is 16.3 Å². The third kappa shape index (κ3) is 6.05. The zero-order valence-corrected chi connectivity index (χ0v) is 26.4. The number of benzene rings is 2. The molecule has 0 aliphatic heterocycles. The number of fused-ring (bicyclic) bond motifs is 1. The van der Waals surface area contributed by atoms with Crippen LogP contribution in [-0.2, 0) is 7.05 Å². The number of aromatic amines is 1. The second kappa shape index (κ2) is 12.6. The fourth-order valence-electron chi connectivity index (χ4n) is 4.28. The Morgan fingerprint density at radius 3 is 2.57 bits per heavy atom. The monoisotopic (exact) mass is 721 g/mol. The fraction of sp³-hybridized carbons (Fsp3) is 0.214. The lowest BCUT2D eigenvalue weighted by Gasteiger charge is -2.14. The number of nitrogens with zero attached hydrogens (tertiary/aromatic N) is 4. The van der Waals surface area contributed by atoms with Gasteiger partial charge < -0.3 is 14.8 Å². The number of nitrogens with one attached hydrogen (secondary N) is 3. The summed E-state index contributed by atoms with van der Waals surface area (Å²) in [7, 11) is 3.20. The number of aryl methyl sites for hydroxylation is 1. The van der Waals surface area contributed by atoms with E-state index in [4.69, 9.17) is 37.8 Å². The van der Waals surface area contributed by atoms with Crippen LogP contribution in [0, 0.1) is 0 Å². The van der Waals surface area contributed by atoms with Crippen LogP contribution >= 0.6 is 45.8 Å². The molecule has 2 aromatic carbocycles. The van der Waals surface area contributed by atoms with Gasteiger partial charge in [-0.3, -0.25) is 14.9 Å². The van der Waals surface area contributed by atoms with Crippen molar-refractivity contribution in [3.63, 3.8) is 0 Å². The fourth-order valence-corrected chi connectivity index (χ4v) is 5.61. The number of alkyl halides is 1. The Balaban J connectivity index is 1.38. The molecule has 3 N–H and O–H groups in total. The number of methoxy groups -OCH3 is 1. The molecule has 3 aromatic heterocycles. The van der Waals surface area contributed by atoms with E-state index in [1.54, 1.807) is 37.0 Å². The highest BCUT2D eigenvalue weighted by Crippen LogP contribution is 2.40. The predicted octanol–water partition coefficient (Wildman–Crippen LogP) is 7.48. The van der Waals surface area contributed by atoms with Crippen LogP contribution < -0.4 is 25.8 Å². The van der Waals surface area contributed by atoms with Gasteiger partial charge in [0.05, 0.1) is 33.1 Å². The van der Waals surface area contributed by atoms with Gasteiger partial charge in [0.2, 0.25) is 0 Å². The van der Waals surface area contributed by atoms with E-state index in [2.05, 4.69) is 50.1 Å². The molecule has 218 valence electrons. The molecule has 1 unspecified atom stereocenters. The first-order valence-electron chi connectivity index (χ1n) is 12.9. The number of rotatable bonds is 9. The van der Waals surface area contributed by atoms with Gasteiger partial charge in [0, 0.05) is 25.4 Å². The van der Waals surface area contributed by atoms with Gasteiger partial charge in [-0.2, -0.15) is 5.10 Å². The van der Waals surface area contributed by atoms with Crippen molar-refractivity contribution in [1.29, 1.82) is 0 Å². The molecule has 0 saturated carbocycles. The maximum absolute atomic E-state index is 13.1. The molecule has 3 heterocycles. The molecule has 0 spiro atoms. The summed E-state index contributed by atoms with van der Waals surface area (Å²) in [4.78, 5) is 32.0. The first-order chi connectivity index (χ1) is 20.2. The molecule has 0 aliphatic rings. The second-order valence-electron chi connectivity index (χ2n) is 9.24. The normalized spacial score (nSPS) is 11.9. The minimum atomic E-state index is -0.540. The van der Waals surface area contributed by atoms with Crippen molar-refractivity contribution in [3.05, 3.63) is 81.0 Å². The van der Waals surface area contributed by atoms with Gasteiger partial charge in [-0.1, -0.05) is 59.1 Å². The summed E-state index contributed by atoms with van der Waals surface area (Å²) in [5.41, 5.74) is 2.38. The van der Waals surface area contributed by atoms with Crippen molar-refractivity contribution in [1.82, 2.24) is 24.3 Å². The number of amides is 2. The molecule has 0 fully saturated rings. The highest BCUT2D eigenvalue weighted by atomic mass is 127. The second-order valence-corrected chi connectivity index (χ2v) is 11.5. The van der Waals surface area contributed by atoms with Gasteiger partial charge in [0.1, 0.15) is 27.9 Å². The Labute approximate surface area is 264 Å². The lowest BCUT2D eigenvalue weighted by atomic mass is 10.2. The van der Waals surface area contributed by atoms with Crippen molar-refractivity contribution in [2.75, 3.05) is 17.7 Å². The van der Waals surface area contributed by atoms with E-state index >= 15 is 0 Å². The number of anilines is 2. The molecule has 5 rings (SSSR count). The standard InChI is InChI=1S/C28H26Cl2IN7O4/c1-4-5-17(31)19-14-22(38(36-19)15-6-8-16(41-3)9-7-15)34-27(39)33-18-10-11-20(24(30)23(18)29)42-21-12-13-32-26-25(21)37(2)28(40)35-26/h6-14,17H,4-5H2,1-3H3,(H,32,35,40)(H2,33,34,39). The topological polar surface area (TPSA) is 128 Å². The van der Waals surface area contributed by atoms with Gasteiger partial charge >= 0.3 is 11.7 Å². The summed E-state index contributed by atoms with van der Waals surface area (Å²) < 4.78 is 14.5. The Kier molecular flexibility index (Phi) is 8.94. The summed E-state index contributed by atoms with van der Waals surface area (Å²) in [6.45, 7) is 2.12. The minimum absolute atomic E-state index is 0.0807. The average molecular weight is 722 g/mol. The van der Waals surface area contributed by atoms with Gasteiger partial charge in [-0.05, 0) is 42.8 Å². The van der Waals surface area contributed by atoms with Crippen molar-refractivity contribution < 1.29 is 14.3 Å². The largest absolute Gasteiger partial charge is 0.497 e. The predicted molar refractivity (Wildman–Crippen MR) is 172 cm³/mol. The molecular formula is C28H26Cl2IN7O4. The van der Waals surface area contributed by atoms with Crippen LogP contribution in [0.1, 0.15) is 29.4 Å². The molecular weight excluding hydrogens is 696 g/mol. The maximum atomic E-state index is 13.1. The molecule has 0 aliphatic carbocycles. The van der Waals surface area contributed by atoms with Gasteiger partial charge in [0.25, 0.3) is 0 Å². The molecule has 14 heteroatoms. The maximum Gasteiger partial charge on any atom is 0.327 e. The third-order valence-electron chi connectivity index (χ3n) is 6.42. The summed E-state index contributed by atoms with van der Waals surface area (Å²) in [6, 6.07) is 13.4. The summed E-state index contributed by atoms with van der Waals surface area (Å²) in [5.74, 6) is 1.78. The number of ether oxygens (including phenoxy) is 2. The summed E-state index contributed by atoms with van der Waals surface area (Å²) >= 11 is 15.4. The highest BCUT2D eigenvalue weighted by molar-refractivity contribution is 14.1. The number of hydrogen-bond acceptors (Lipinski definition) is 6. The Morgan fingerprint density at radius 1 is 1.10 bits per heavy atom. The zero-order chi connectivity index (χ0) is 30.0. The average Bonchev–Trinajstić information content (AvgIpc) is 3.53. The van der Waals surface area contributed by atoms with E-state index in [0.29, 0.717) is 28.5 Å². The molecule has 2 amide bonds. The van der Waals surface area contributed by atoms with Gasteiger partial charge in [-0.15, -0.1) is 0 Å². The molecule has 0 bridgehead atoms. The highest BCUT2D eigenvalue weighted by Gasteiger charge is 2.20. The number of H-pyrrole nitrogens is 1. The number of urea groups is 1. The van der Waals surface area contributed by atoms with Crippen LogP contribution in [0.15, 0.2) is 59.5 Å². The lowest BCUT2D eigenvalue weighted by molar-refractivity contribution is 0.262. The van der Waals surface area contributed by atoms with Crippen LogP contribution in [0.25, 0.3) is 16.9 Å². The number of carbonyl (C=O) groups excluding carboxylic acids is 1. The first kappa shape index (κ1) is 29.7. The number of hydrogen-bond donors (Lipinski definition) is 3. The molecule has 11 nitrogen and oxygen atoms in total. The van der Waals surface area contributed by atoms with E-state index in [0.717, 1.165) is 24.2 Å². The Bertz CT molecular complexity index is 1820. The number of pyridine rings is 1. The lowest BCUT2D eigenvalue weighted by Crippen LogP contribution is -2.21. The van der Waals surface area contributed by atoms with Crippen LogP contribution in [-0.4, -0.2) is 37.5 Å². The first-order valence-corrected chi connectivity index (χ1v) is 14.9. The van der Waals surface area contributed by atoms with E-state index in [-0.39, 0.29) is 31.1 Å². The zero-order valence-electron chi connectivity index (χ0n) is 22.7. The smallest absolute Gasteiger partial charge is 0.327 e. The van der Waals surface area contributed by atoms with Gasteiger partial charge in [0.15, 0.2) is 11.4 Å². The molecule has 5 aromatic rings. The molecule has 0 radical (unpaired) electrons. The number of aromatic nitrogens is 5. The Hall–Kier alpha value is -3.75. The van der Waals surface area contributed by atoms with Crippen LogP contribution in [0.2, 0.25) is 10.0 Å². The SMILES string of the molecule is CCCC(I)c1cc(NC(=O)Nc2ccc(Oc3ccnc4[nH]c(=O)n(C)c34)c(Cl)c2Cl)n(-c2ccc(OC)cc2)n1. The van der Waals surface area contributed by atoms with Crippen LogP contribution in [0.3, 0.4) is 0 Å². The number of imidazole rings is 1. The molecule has 42 heavy (non-hydrogen) atoms. The van der Waals surface area contributed by atoms with E-state index in [1.807, 2.05) is 30.3 Å². The van der Waals surface area contributed by atoms with E-state index < -0.39 is 6.03 Å².